The summed E-state index contributed by atoms with van der Waals surface area (Å²) in [6.07, 6.45) is 0.838. The Labute approximate surface area is 78.5 Å². The number of esters is 1. The molecule has 0 saturated carbocycles. The highest BCUT2D eigenvalue weighted by Crippen LogP contribution is 2.08. The van der Waals surface area contributed by atoms with Gasteiger partial charge in [0.2, 0.25) is 0 Å². The van der Waals surface area contributed by atoms with Crippen molar-refractivity contribution in [3.63, 3.8) is 0 Å². The average Bonchev–Trinajstić information content (AvgIpc) is 2.15. The largest absolute Gasteiger partial charge is 0.462 e. The summed E-state index contributed by atoms with van der Waals surface area (Å²) in [6, 6.07) is 7.17. The van der Waals surface area contributed by atoms with Gasteiger partial charge in [-0.15, -0.1) is 0 Å². The second-order valence-electron chi connectivity index (χ2n) is 2.79. The zero-order valence-corrected chi connectivity index (χ0v) is 7.75. The first-order chi connectivity index (χ1) is 6.25. The number of hydrogen-bond acceptors (Lipinski definition) is 2. The molecule has 0 aliphatic rings. The molecular weight excluding hydrogens is 164 g/mol. The van der Waals surface area contributed by atoms with Crippen LogP contribution in [0, 0.1) is 6.92 Å². The van der Waals surface area contributed by atoms with E-state index in [0.29, 0.717) is 17.7 Å². The maximum Gasteiger partial charge on any atom is 0.338 e. The van der Waals surface area contributed by atoms with Gasteiger partial charge in [-0.1, -0.05) is 25.1 Å². The standard InChI is InChI=1S/C11H13O2/c1-3-8-13-11(12)10-7-5-4-6-9(10)2/h4-7H,2-3,8H2,1H3. The first kappa shape index (κ1) is 9.78. The maximum atomic E-state index is 11.4. The number of carbonyl (C=O) groups excluding carboxylic acids is 1. The smallest absolute Gasteiger partial charge is 0.338 e. The third-order valence-electron chi connectivity index (χ3n) is 1.67. The summed E-state index contributed by atoms with van der Waals surface area (Å²) in [5.41, 5.74) is 1.26. The van der Waals surface area contributed by atoms with Crippen molar-refractivity contribution in [2.45, 2.75) is 13.3 Å². The lowest BCUT2D eigenvalue weighted by Crippen LogP contribution is -2.07. The number of benzene rings is 1. The van der Waals surface area contributed by atoms with E-state index in [4.69, 9.17) is 4.74 Å². The second kappa shape index (κ2) is 4.65. The Morgan fingerprint density at radius 1 is 1.46 bits per heavy atom. The van der Waals surface area contributed by atoms with Crippen molar-refractivity contribution in [2.75, 3.05) is 6.61 Å². The minimum Gasteiger partial charge on any atom is -0.462 e. The summed E-state index contributed by atoms with van der Waals surface area (Å²) in [6.45, 7) is 6.18. The Morgan fingerprint density at radius 3 is 2.77 bits per heavy atom. The van der Waals surface area contributed by atoms with E-state index in [2.05, 4.69) is 6.92 Å². The van der Waals surface area contributed by atoms with Crippen LogP contribution in [-0.2, 0) is 4.74 Å². The van der Waals surface area contributed by atoms with Gasteiger partial charge < -0.3 is 4.74 Å². The van der Waals surface area contributed by atoms with Crippen LogP contribution in [-0.4, -0.2) is 12.6 Å². The summed E-state index contributed by atoms with van der Waals surface area (Å²) in [5, 5.41) is 0. The van der Waals surface area contributed by atoms with Crippen LogP contribution in [0.1, 0.15) is 29.3 Å². The predicted octanol–water partition coefficient (Wildman–Crippen LogP) is 2.44. The molecule has 1 rings (SSSR count). The lowest BCUT2D eigenvalue weighted by Gasteiger charge is -2.04. The van der Waals surface area contributed by atoms with E-state index in [1.807, 2.05) is 13.0 Å². The van der Waals surface area contributed by atoms with E-state index in [0.717, 1.165) is 6.42 Å². The Kier molecular flexibility index (Phi) is 3.50. The van der Waals surface area contributed by atoms with Crippen LogP contribution < -0.4 is 0 Å². The van der Waals surface area contributed by atoms with Crippen molar-refractivity contribution in [3.05, 3.63) is 42.3 Å². The Morgan fingerprint density at radius 2 is 2.15 bits per heavy atom. The van der Waals surface area contributed by atoms with Crippen molar-refractivity contribution >= 4 is 5.97 Å². The van der Waals surface area contributed by atoms with Crippen LogP contribution in [0.15, 0.2) is 24.3 Å². The predicted molar refractivity (Wildman–Crippen MR) is 51.5 cm³/mol. The molecule has 0 aromatic heterocycles. The van der Waals surface area contributed by atoms with Gasteiger partial charge in [0.05, 0.1) is 12.2 Å². The lowest BCUT2D eigenvalue weighted by molar-refractivity contribution is 0.0504. The molecule has 0 spiro atoms. The number of ether oxygens (including phenoxy) is 1. The van der Waals surface area contributed by atoms with Crippen molar-refractivity contribution in [1.82, 2.24) is 0 Å². The van der Waals surface area contributed by atoms with Crippen LogP contribution in [0.3, 0.4) is 0 Å². The molecule has 0 atom stereocenters. The Hall–Kier alpha value is -1.31. The molecule has 0 fully saturated rings. The first-order valence-electron chi connectivity index (χ1n) is 4.33. The molecule has 0 bridgehead atoms. The van der Waals surface area contributed by atoms with Gasteiger partial charge in [0, 0.05) is 0 Å². The van der Waals surface area contributed by atoms with E-state index in [1.165, 1.54) is 0 Å². The molecule has 0 aliphatic heterocycles. The van der Waals surface area contributed by atoms with E-state index in [-0.39, 0.29) is 5.97 Å². The van der Waals surface area contributed by atoms with E-state index in [1.54, 1.807) is 18.2 Å². The quantitative estimate of drug-likeness (QED) is 0.663. The second-order valence-corrected chi connectivity index (χ2v) is 2.79. The third kappa shape index (κ3) is 2.58. The summed E-state index contributed by atoms with van der Waals surface area (Å²) in [7, 11) is 0. The molecule has 1 aromatic carbocycles. The van der Waals surface area contributed by atoms with Gasteiger partial charge >= 0.3 is 5.97 Å². The highest BCUT2D eigenvalue weighted by molar-refractivity contribution is 5.91. The van der Waals surface area contributed by atoms with Crippen molar-refractivity contribution in [2.24, 2.45) is 0 Å². The topological polar surface area (TPSA) is 26.3 Å². The molecule has 1 radical (unpaired) electrons. The molecular formula is C11H13O2. The van der Waals surface area contributed by atoms with E-state index >= 15 is 0 Å². The fourth-order valence-corrected chi connectivity index (χ4v) is 0.992. The van der Waals surface area contributed by atoms with E-state index < -0.39 is 0 Å². The number of hydrogen-bond donors (Lipinski definition) is 0. The fraction of sp³-hybridized carbons (Fsp3) is 0.273. The average molecular weight is 177 g/mol. The molecule has 2 heteroatoms. The molecule has 0 aliphatic carbocycles. The first-order valence-corrected chi connectivity index (χ1v) is 4.33. The summed E-state index contributed by atoms with van der Waals surface area (Å²) in [5.74, 6) is -0.285. The van der Waals surface area contributed by atoms with Gasteiger partial charge in [-0.05, 0) is 25.0 Å². The summed E-state index contributed by atoms with van der Waals surface area (Å²) < 4.78 is 4.98. The zero-order chi connectivity index (χ0) is 9.68. The molecule has 0 saturated heterocycles. The van der Waals surface area contributed by atoms with Gasteiger partial charge in [-0.25, -0.2) is 4.79 Å². The molecule has 0 heterocycles. The number of carbonyl (C=O) groups is 1. The Bertz CT molecular complexity index is 292. The van der Waals surface area contributed by atoms with Gasteiger partial charge in [0.25, 0.3) is 0 Å². The highest BCUT2D eigenvalue weighted by Gasteiger charge is 2.08. The lowest BCUT2D eigenvalue weighted by atomic mass is 10.1. The minimum atomic E-state index is -0.285. The third-order valence-corrected chi connectivity index (χ3v) is 1.67. The maximum absolute atomic E-state index is 11.4. The van der Waals surface area contributed by atoms with Gasteiger partial charge in [0.15, 0.2) is 0 Å². The van der Waals surface area contributed by atoms with Crippen molar-refractivity contribution < 1.29 is 9.53 Å². The molecule has 69 valence electrons. The SMILES string of the molecule is [CH2]c1ccccc1C(=O)OCCC. The molecule has 0 amide bonds. The van der Waals surface area contributed by atoms with Gasteiger partial charge in [-0.2, -0.15) is 0 Å². The van der Waals surface area contributed by atoms with Crippen LogP contribution in [0.25, 0.3) is 0 Å². The summed E-state index contributed by atoms with van der Waals surface area (Å²) in [4.78, 5) is 11.4. The normalized spacial score (nSPS) is 9.69. The van der Waals surface area contributed by atoms with Crippen molar-refractivity contribution in [3.8, 4) is 0 Å². The Balaban J connectivity index is 2.71. The van der Waals surface area contributed by atoms with Crippen LogP contribution in [0.5, 0.6) is 0 Å². The van der Waals surface area contributed by atoms with Gasteiger partial charge in [-0.3, -0.25) is 0 Å². The van der Waals surface area contributed by atoms with E-state index in [9.17, 15) is 4.79 Å². The minimum absolute atomic E-state index is 0.285. The zero-order valence-electron chi connectivity index (χ0n) is 7.75. The van der Waals surface area contributed by atoms with Crippen LogP contribution in [0.2, 0.25) is 0 Å². The number of rotatable bonds is 3. The molecule has 0 N–H and O–H groups in total. The fourth-order valence-electron chi connectivity index (χ4n) is 0.992. The monoisotopic (exact) mass is 177 g/mol. The molecule has 0 unspecified atom stereocenters. The van der Waals surface area contributed by atoms with Gasteiger partial charge in [0.1, 0.15) is 0 Å². The summed E-state index contributed by atoms with van der Waals surface area (Å²) >= 11 is 0. The molecule has 13 heavy (non-hydrogen) atoms. The van der Waals surface area contributed by atoms with Crippen molar-refractivity contribution in [1.29, 1.82) is 0 Å². The molecule has 2 nitrogen and oxygen atoms in total. The molecule has 1 aromatic rings. The van der Waals surface area contributed by atoms with Crippen LogP contribution >= 0.6 is 0 Å². The highest BCUT2D eigenvalue weighted by atomic mass is 16.5. The van der Waals surface area contributed by atoms with Crippen LogP contribution in [0.4, 0.5) is 0 Å².